The van der Waals surface area contributed by atoms with E-state index < -0.39 is 0 Å². The van der Waals surface area contributed by atoms with Crippen LogP contribution < -0.4 is 0 Å². The van der Waals surface area contributed by atoms with Crippen LogP contribution in [0.15, 0.2) is 23.8 Å². The molecule has 0 aromatic rings. The van der Waals surface area contributed by atoms with E-state index in [9.17, 15) is 0 Å². The Hall–Kier alpha value is -0.560. The maximum absolute atomic E-state index is 5.29. The summed E-state index contributed by atoms with van der Waals surface area (Å²) in [6.07, 6.45) is 5.76. The smallest absolute Gasteiger partial charge is 0.0614 e. The van der Waals surface area contributed by atoms with Gasteiger partial charge in [-0.3, -0.25) is 0 Å². The molecule has 1 heteroatoms. The van der Waals surface area contributed by atoms with Crippen LogP contribution >= 0.6 is 0 Å². The molecular weight excluding hydrogens is 136 g/mol. The van der Waals surface area contributed by atoms with Crippen molar-refractivity contribution < 1.29 is 4.74 Å². The molecule has 0 spiro atoms. The van der Waals surface area contributed by atoms with Gasteiger partial charge in [0.1, 0.15) is 0 Å². The largest absolute Gasteiger partial charge is 0.381 e. The summed E-state index contributed by atoms with van der Waals surface area (Å²) in [4.78, 5) is 0. The number of ether oxygens (including phenoxy) is 1. The van der Waals surface area contributed by atoms with Gasteiger partial charge in [0, 0.05) is 7.11 Å². The molecule has 0 bridgehead atoms. The van der Waals surface area contributed by atoms with E-state index in [1.165, 1.54) is 24.0 Å². The van der Waals surface area contributed by atoms with Gasteiger partial charge in [0.2, 0.25) is 0 Å². The van der Waals surface area contributed by atoms with E-state index in [1.807, 2.05) is 6.08 Å². The predicted molar refractivity (Wildman–Crippen MR) is 47.5 cm³/mol. The molecule has 62 valence electrons. The molecule has 0 N–H and O–H groups in total. The highest BCUT2D eigenvalue weighted by Crippen LogP contribution is 2.26. The summed E-state index contributed by atoms with van der Waals surface area (Å²) in [5.74, 6) is 0. The number of methoxy groups -OCH3 is 1. The van der Waals surface area contributed by atoms with Crippen LogP contribution in [0.2, 0.25) is 0 Å². The third-order valence-electron chi connectivity index (χ3n) is 2.42. The van der Waals surface area contributed by atoms with Gasteiger partial charge in [-0.2, -0.15) is 0 Å². The van der Waals surface area contributed by atoms with Gasteiger partial charge in [0.25, 0.3) is 0 Å². The molecule has 0 aromatic heterocycles. The monoisotopic (exact) mass is 152 g/mol. The van der Waals surface area contributed by atoms with Crippen LogP contribution in [-0.2, 0) is 4.74 Å². The lowest BCUT2D eigenvalue weighted by Gasteiger charge is -2.22. The van der Waals surface area contributed by atoms with Gasteiger partial charge in [-0.05, 0) is 31.8 Å². The molecule has 0 fully saturated rings. The van der Waals surface area contributed by atoms with Gasteiger partial charge in [-0.25, -0.2) is 0 Å². The van der Waals surface area contributed by atoms with Crippen LogP contribution in [0.1, 0.15) is 26.2 Å². The average molecular weight is 152 g/mol. The van der Waals surface area contributed by atoms with E-state index in [1.54, 1.807) is 7.11 Å². The van der Waals surface area contributed by atoms with Crippen LogP contribution in [0.3, 0.4) is 0 Å². The Labute approximate surface area is 68.8 Å². The third-order valence-corrected chi connectivity index (χ3v) is 2.42. The summed E-state index contributed by atoms with van der Waals surface area (Å²) >= 11 is 0. The van der Waals surface area contributed by atoms with Crippen LogP contribution in [0.4, 0.5) is 0 Å². The van der Waals surface area contributed by atoms with Crippen LogP contribution in [0, 0.1) is 0 Å². The minimum Gasteiger partial charge on any atom is -0.381 e. The van der Waals surface area contributed by atoms with Gasteiger partial charge in [-0.15, -0.1) is 0 Å². The van der Waals surface area contributed by atoms with Crippen molar-refractivity contribution >= 4 is 0 Å². The summed E-state index contributed by atoms with van der Waals surface area (Å²) in [6, 6.07) is 0. The van der Waals surface area contributed by atoms with Crippen molar-refractivity contribution in [3.8, 4) is 0 Å². The first kappa shape index (κ1) is 8.54. The van der Waals surface area contributed by atoms with Crippen LogP contribution in [-0.4, -0.2) is 13.2 Å². The molecule has 1 unspecified atom stereocenters. The quantitative estimate of drug-likeness (QED) is 0.591. The van der Waals surface area contributed by atoms with Crippen LogP contribution in [0.5, 0.6) is 0 Å². The van der Waals surface area contributed by atoms with E-state index >= 15 is 0 Å². The Morgan fingerprint density at radius 3 is 2.91 bits per heavy atom. The summed E-state index contributed by atoms with van der Waals surface area (Å²) in [6.45, 7) is 5.97. The van der Waals surface area contributed by atoms with E-state index in [0.717, 1.165) is 6.42 Å². The van der Waals surface area contributed by atoms with Crippen molar-refractivity contribution in [3.05, 3.63) is 23.8 Å². The average Bonchev–Trinajstić information content (AvgIpc) is 2.05. The maximum atomic E-state index is 5.29. The third kappa shape index (κ3) is 1.93. The summed E-state index contributed by atoms with van der Waals surface area (Å²) < 4.78 is 5.29. The van der Waals surface area contributed by atoms with Crippen LogP contribution in [0.25, 0.3) is 0 Å². The Bertz CT molecular complexity index is 179. The molecule has 1 rings (SSSR count). The molecule has 0 saturated heterocycles. The lowest BCUT2D eigenvalue weighted by atomic mass is 9.91. The number of hydrogen-bond donors (Lipinski definition) is 0. The molecule has 0 aliphatic heterocycles. The summed E-state index contributed by atoms with van der Waals surface area (Å²) in [7, 11) is 1.78. The fourth-order valence-electron chi connectivity index (χ4n) is 1.52. The van der Waals surface area contributed by atoms with Gasteiger partial charge in [0.05, 0.1) is 6.10 Å². The number of allylic oxidation sites excluding steroid dienone is 2. The first-order chi connectivity index (χ1) is 5.27. The minimum absolute atomic E-state index is 0.423. The first-order valence-electron chi connectivity index (χ1n) is 4.11. The zero-order valence-electron chi connectivity index (χ0n) is 7.39. The molecule has 1 atom stereocenters. The van der Waals surface area contributed by atoms with Crippen molar-refractivity contribution in [2.45, 2.75) is 32.3 Å². The zero-order valence-corrected chi connectivity index (χ0v) is 7.39. The molecule has 1 nitrogen and oxygen atoms in total. The lowest BCUT2D eigenvalue weighted by molar-refractivity contribution is 0.0920. The highest BCUT2D eigenvalue weighted by atomic mass is 16.5. The van der Waals surface area contributed by atoms with Gasteiger partial charge in [-0.1, -0.05) is 18.2 Å². The standard InChI is InChI=1S/C10H16O/c1-4-9-7-10(11-3)6-5-8(9)2/h4,10H,1,5-7H2,2-3H3. The Kier molecular flexibility index (Phi) is 2.89. The molecule has 1 aliphatic carbocycles. The molecule has 0 amide bonds. The normalized spacial score (nSPS) is 25.5. The summed E-state index contributed by atoms with van der Waals surface area (Å²) in [5, 5.41) is 0. The van der Waals surface area contributed by atoms with Gasteiger partial charge >= 0.3 is 0 Å². The Morgan fingerprint density at radius 2 is 2.36 bits per heavy atom. The topological polar surface area (TPSA) is 9.23 Å². The molecule has 1 aliphatic rings. The Morgan fingerprint density at radius 1 is 1.64 bits per heavy atom. The van der Waals surface area contributed by atoms with E-state index in [2.05, 4.69) is 13.5 Å². The molecular formula is C10H16O. The number of hydrogen-bond acceptors (Lipinski definition) is 1. The van der Waals surface area contributed by atoms with Crippen molar-refractivity contribution in [1.82, 2.24) is 0 Å². The molecule has 11 heavy (non-hydrogen) atoms. The van der Waals surface area contributed by atoms with Crippen molar-refractivity contribution in [3.63, 3.8) is 0 Å². The lowest BCUT2D eigenvalue weighted by Crippen LogP contribution is -2.15. The zero-order chi connectivity index (χ0) is 8.27. The van der Waals surface area contributed by atoms with Crippen molar-refractivity contribution in [2.24, 2.45) is 0 Å². The predicted octanol–water partition coefficient (Wildman–Crippen LogP) is 2.69. The van der Waals surface area contributed by atoms with Crippen molar-refractivity contribution in [2.75, 3.05) is 7.11 Å². The van der Waals surface area contributed by atoms with E-state index in [-0.39, 0.29) is 0 Å². The second-order valence-corrected chi connectivity index (χ2v) is 3.11. The maximum Gasteiger partial charge on any atom is 0.0614 e. The fraction of sp³-hybridized carbons (Fsp3) is 0.600. The molecule has 0 aromatic carbocycles. The van der Waals surface area contributed by atoms with Crippen molar-refractivity contribution in [1.29, 1.82) is 0 Å². The van der Waals surface area contributed by atoms with Gasteiger partial charge in [0.15, 0.2) is 0 Å². The highest BCUT2D eigenvalue weighted by molar-refractivity contribution is 5.25. The van der Waals surface area contributed by atoms with Gasteiger partial charge < -0.3 is 4.74 Å². The Balaban J connectivity index is 2.65. The highest BCUT2D eigenvalue weighted by Gasteiger charge is 2.15. The van der Waals surface area contributed by atoms with E-state index in [4.69, 9.17) is 4.74 Å². The molecule has 0 heterocycles. The first-order valence-corrected chi connectivity index (χ1v) is 4.11. The second-order valence-electron chi connectivity index (χ2n) is 3.11. The number of rotatable bonds is 2. The van der Waals surface area contributed by atoms with E-state index in [0.29, 0.717) is 6.10 Å². The minimum atomic E-state index is 0.423. The summed E-state index contributed by atoms with van der Waals surface area (Å²) in [5.41, 5.74) is 2.86. The molecule has 0 saturated carbocycles. The SMILES string of the molecule is C=CC1=C(C)CCC(OC)C1. The molecule has 0 radical (unpaired) electrons. The second kappa shape index (κ2) is 3.72. The fourth-order valence-corrected chi connectivity index (χ4v) is 1.52.